The van der Waals surface area contributed by atoms with Crippen molar-refractivity contribution >= 4 is 12.4 Å². The lowest BCUT2D eigenvalue weighted by atomic mass is 9.99. The first-order chi connectivity index (χ1) is 5.56. The molecule has 0 aromatic rings. The highest BCUT2D eigenvalue weighted by atomic mass is 16.6. The molecule has 0 aromatic heterocycles. The summed E-state index contributed by atoms with van der Waals surface area (Å²) in [6.07, 6.45) is 1.97. The van der Waals surface area contributed by atoms with Gasteiger partial charge in [0.05, 0.1) is 0 Å². The van der Waals surface area contributed by atoms with Gasteiger partial charge in [-0.3, -0.25) is 4.79 Å². The van der Waals surface area contributed by atoms with E-state index in [0.29, 0.717) is 6.42 Å². The zero-order valence-electron chi connectivity index (χ0n) is 7.37. The molecule has 1 N–H and O–H groups in total. The molecule has 0 rings (SSSR count). The van der Waals surface area contributed by atoms with Crippen LogP contribution < -0.4 is 0 Å². The second-order valence-corrected chi connectivity index (χ2v) is 2.85. The number of hydrogen-bond donors (Lipinski definition) is 1. The molecule has 0 fully saturated rings. The molecule has 4 heteroatoms. The van der Waals surface area contributed by atoms with E-state index in [2.05, 4.69) is 4.74 Å². The molecule has 0 aliphatic rings. The van der Waals surface area contributed by atoms with Crippen LogP contribution in [0.5, 0.6) is 0 Å². The molecule has 0 heterocycles. The summed E-state index contributed by atoms with van der Waals surface area (Å²) in [7, 11) is 0. The summed E-state index contributed by atoms with van der Waals surface area (Å²) in [4.78, 5) is 20.6. The predicted molar refractivity (Wildman–Crippen MR) is 42.7 cm³/mol. The fraction of sp³-hybridized carbons (Fsp3) is 0.750. The highest BCUT2D eigenvalue weighted by molar-refractivity contribution is 5.78. The Labute approximate surface area is 71.5 Å². The van der Waals surface area contributed by atoms with Crippen LogP contribution >= 0.6 is 0 Å². The summed E-state index contributed by atoms with van der Waals surface area (Å²) < 4.78 is 4.51. The van der Waals surface area contributed by atoms with Crippen LogP contribution in [0.2, 0.25) is 0 Å². The van der Waals surface area contributed by atoms with Gasteiger partial charge in [0.1, 0.15) is 0 Å². The van der Waals surface area contributed by atoms with Crippen LogP contribution in [0.25, 0.3) is 0 Å². The van der Waals surface area contributed by atoms with E-state index in [0.717, 1.165) is 12.8 Å². The van der Waals surface area contributed by atoms with Crippen LogP contribution in [0, 0.1) is 0 Å². The first-order valence-electron chi connectivity index (χ1n) is 3.91. The van der Waals surface area contributed by atoms with Crippen LogP contribution in [-0.4, -0.2) is 23.1 Å². The summed E-state index contributed by atoms with van der Waals surface area (Å²) in [6.45, 7) is 3.53. The normalized spacial score (nSPS) is 14.8. The Kier molecular flexibility index (Phi) is 4.33. The van der Waals surface area contributed by atoms with Crippen molar-refractivity contribution in [1.82, 2.24) is 0 Å². The fourth-order valence-corrected chi connectivity index (χ4v) is 0.837. The second kappa shape index (κ2) is 4.74. The van der Waals surface area contributed by atoms with Gasteiger partial charge >= 0.3 is 5.97 Å². The zero-order valence-corrected chi connectivity index (χ0v) is 7.37. The largest absolute Gasteiger partial charge is 0.478 e. The molecule has 0 radical (unpaired) electrons. The summed E-state index contributed by atoms with van der Waals surface area (Å²) in [6, 6.07) is 0. The van der Waals surface area contributed by atoms with Crippen molar-refractivity contribution in [3.63, 3.8) is 0 Å². The van der Waals surface area contributed by atoms with Gasteiger partial charge in [0.25, 0.3) is 6.47 Å². The van der Waals surface area contributed by atoms with Gasteiger partial charge in [-0.1, -0.05) is 13.3 Å². The summed E-state index contributed by atoms with van der Waals surface area (Å²) in [5, 5.41) is 8.71. The lowest BCUT2D eigenvalue weighted by molar-refractivity contribution is -0.169. The van der Waals surface area contributed by atoms with Gasteiger partial charge in [-0.05, 0) is 19.8 Å². The Hall–Kier alpha value is -1.06. The SMILES string of the molecule is CCCC[C@@](C)(OC=O)C(=O)O. The molecular formula is C8H14O4. The molecule has 0 saturated carbocycles. The van der Waals surface area contributed by atoms with E-state index in [1.807, 2.05) is 6.92 Å². The highest BCUT2D eigenvalue weighted by Crippen LogP contribution is 2.17. The number of carbonyl (C=O) groups excluding carboxylic acids is 1. The van der Waals surface area contributed by atoms with Crippen molar-refractivity contribution in [2.75, 3.05) is 0 Å². The van der Waals surface area contributed by atoms with Crippen LogP contribution in [0.1, 0.15) is 33.1 Å². The molecule has 12 heavy (non-hydrogen) atoms. The Morgan fingerprint density at radius 1 is 1.67 bits per heavy atom. The van der Waals surface area contributed by atoms with E-state index >= 15 is 0 Å². The molecule has 0 unspecified atom stereocenters. The minimum Gasteiger partial charge on any atom is -0.478 e. The number of hydrogen-bond acceptors (Lipinski definition) is 3. The van der Waals surface area contributed by atoms with Gasteiger partial charge < -0.3 is 9.84 Å². The van der Waals surface area contributed by atoms with E-state index in [1.54, 1.807) is 0 Å². The molecule has 0 aliphatic carbocycles. The minimum absolute atomic E-state index is 0.184. The molecule has 1 atom stereocenters. The monoisotopic (exact) mass is 174 g/mol. The van der Waals surface area contributed by atoms with Crippen LogP contribution in [0.4, 0.5) is 0 Å². The third-order valence-corrected chi connectivity index (χ3v) is 1.77. The maximum absolute atomic E-state index is 10.6. The van der Waals surface area contributed by atoms with Gasteiger partial charge in [-0.15, -0.1) is 0 Å². The molecule has 0 aliphatic heterocycles. The Balaban J connectivity index is 4.17. The number of unbranched alkanes of at least 4 members (excludes halogenated alkanes) is 1. The average Bonchev–Trinajstić information content (AvgIpc) is 2.01. The van der Waals surface area contributed by atoms with E-state index in [1.165, 1.54) is 6.92 Å². The highest BCUT2D eigenvalue weighted by Gasteiger charge is 2.34. The first-order valence-corrected chi connectivity index (χ1v) is 3.91. The molecule has 4 nitrogen and oxygen atoms in total. The Morgan fingerprint density at radius 2 is 2.25 bits per heavy atom. The number of carboxylic acids is 1. The van der Waals surface area contributed by atoms with Gasteiger partial charge in [0.15, 0.2) is 0 Å². The van der Waals surface area contributed by atoms with Crippen LogP contribution in [0.15, 0.2) is 0 Å². The van der Waals surface area contributed by atoms with Crippen molar-refractivity contribution in [2.24, 2.45) is 0 Å². The predicted octanol–water partition coefficient (Wildman–Crippen LogP) is 1.19. The van der Waals surface area contributed by atoms with Crippen molar-refractivity contribution in [3.8, 4) is 0 Å². The average molecular weight is 174 g/mol. The number of ether oxygens (including phenoxy) is 1. The molecule has 70 valence electrons. The molecule has 0 saturated heterocycles. The number of carbonyl (C=O) groups is 2. The maximum atomic E-state index is 10.6. The minimum atomic E-state index is -1.35. The number of aliphatic carboxylic acids is 1. The molecule has 0 aromatic carbocycles. The summed E-state index contributed by atoms with van der Waals surface area (Å²) in [5.41, 5.74) is -1.35. The summed E-state index contributed by atoms with van der Waals surface area (Å²) >= 11 is 0. The van der Waals surface area contributed by atoms with E-state index in [4.69, 9.17) is 5.11 Å². The zero-order chi connectivity index (χ0) is 9.61. The Bertz CT molecular complexity index is 166. The molecule has 0 spiro atoms. The van der Waals surface area contributed by atoms with Crippen molar-refractivity contribution in [2.45, 2.75) is 38.7 Å². The van der Waals surface area contributed by atoms with E-state index in [-0.39, 0.29) is 6.47 Å². The van der Waals surface area contributed by atoms with Crippen LogP contribution in [-0.2, 0) is 14.3 Å². The quantitative estimate of drug-likeness (QED) is 0.614. The Morgan fingerprint density at radius 3 is 2.58 bits per heavy atom. The first kappa shape index (κ1) is 10.9. The van der Waals surface area contributed by atoms with Crippen molar-refractivity contribution in [1.29, 1.82) is 0 Å². The number of rotatable bonds is 6. The van der Waals surface area contributed by atoms with E-state index in [9.17, 15) is 9.59 Å². The van der Waals surface area contributed by atoms with Gasteiger partial charge in [0, 0.05) is 0 Å². The molecule has 0 bridgehead atoms. The standard InChI is InChI=1S/C8H14O4/c1-3-4-5-8(2,7(10)11)12-6-9/h6H,3-5H2,1-2H3,(H,10,11)/t8-/m1/s1. The molecule has 0 amide bonds. The van der Waals surface area contributed by atoms with Gasteiger partial charge in [-0.2, -0.15) is 0 Å². The topological polar surface area (TPSA) is 63.6 Å². The van der Waals surface area contributed by atoms with E-state index < -0.39 is 11.6 Å². The van der Waals surface area contributed by atoms with Gasteiger partial charge in [-0.25, -0.2) is 4.79 Å². The third-order valence-electron chi connectivity index (χ3n) is 1.77. The molecular weight excluding hydrogens is 160 g/mol. The van der Waals surface area contributed by atoms with Gasteiger partial charge in [0.2, 0.25) is 5.60 Å². The number of carboxylic acid groups (broad SMARTS) is 1. The van der Waals surface area contributed by atoms with Crippen LogP contribution in [0.3, 0.4) is 0 Å². The maximum Gasteiger partial charge on any atom is 0.347 e. The lowest BCUT2D eigenvalue weighted by Gasteiger charge is -2.21. The fourth-order valence-electron chi connectivity index (χ4n) is 0.837. The summed E-state index contributed by atoms with van der Waals surface area (Å²) in [5.74, 6) is -1.09. The third kappa shape index (κ3) is 2.90. The van der Waals surface area contributed by atoms with Crippen molar-refractivity contribution < 1.29 is 19.4 Å². The van der Waals surface area contributed by atoms with Crippen molar-refractivity contribution in [3.05, 3.63) is 0 Å². The smallest absolute Gasteiger partial charge is 0.347 e. The lowest BCUT2D eigenvalue weighted by Crippen LogP contribution is -2.37. The second-order valence-electron chi connectivity index (χ2n) is 2.85.